The quantitative estimate of drug-likeness (QED) is 0.800. The van der Waals surface area contributed by atoms with Crippen molar-refractivity contribution >= 4 is 5.91 Å². The third-order valence-corrected chi connectivity index (χ3v) is 5.32. The van der Waals surface area contributed by atoms with E-state index in [1.165, 1.54) is 0 Å². The Labute approximate surface area is 147 Å². The van der Waals surface area contributed by atoms with Gasteiger partial charge < -0.3 is 15.4 Å². The fourth-order valence-corrected chi connectivity index (χ4v) is 3.61. The van der Waals surface area contributed by atoms with Crippen molar-refractivity contribution in [2.45, 2.75) is 39.2 Å². The average molecular weight is 340 g/mol. The number of rotatable bonds is 4. The van der Waals surface area contributed by atoms with E-state index >= 15 is 0 Å². The van der Waals surface area contributed by atoms with Crippen LogP contribution in [0.25, 0.3) is 11.1 Å². The minimum Gasteiger partial charge on any atom is -0.396 e. The van der Waals surface area contributed by atoms with Crippen LogP contribution < -0.4 is 10.9 Å². The summed E-state index contributed by atoms with van der Waals surface area (Å²) >= 11 is 0. The second kappa shape index (κ2) is 6.84. The van der Waals surface area contributed by atoms with Gasteiger partial charge in [-0.15, -0.1) is 0 Å². The minimum atomic E-state index is -0.390. The summed E-state index contributed by atoms with van der Waals surface area (Å²) < 4.78 is 0. The SMILES string of the molecule is Cc1[nH]c(=O)c(C(=O)NC2CCCC2(C)CO)cc1-c1ccccc1. The number of aliphatic hydroxyl groups is 1. The molecular weight excluding hydrogens is 316 g/mol. The maximum Gasteiger partial charge on any atom is 0.261 e. The van der Waals surface area contributed by atoms with Crippen molar-refractivity contribution < 1.29 is 9.90 Å². The largest absolute Gasteiger partial charge is 0.396 e. The molecule has 1 aliphatic rings. The third-order valence-electron chi connectivity index (χ3n) is 5.32. The summed E-state index contributed by atoms with van der Waals surface area (Å²) in [5.41, 5.74) is 1.91. The van der Waals surface area contributed by atoms with E-state index in [4.69, 9.17) is 0 Å². The number of amides is 1. The van der Waals surface area contributed by atoms with Gasteiger partial charge in [0.15, 0.2) is 0 Å². The third kappa shape index (κ3) is 3.37. The second-order valence-corrected chi connectivity index (χ2v) is 7.15. The molecule has 2 unspecified atom stereocenters. The molecule has 2 aromatic rings. The molecule has 2 atom stereocenters. The van der Waals surface area contributed by atoms with Gasteiger partial charge in [0.05, 0.1) is 6.61 Å². The van der Waals surface area contributed by atoms with Crippen LogP contribution in [0.4, 0.5) is 0 Å². The summed E-state index contributed by atoms with van der Waals surface area (Å²) in [5.74, 6) is -0.384. The normalized spacial score (nSPS) is 22.8. The van der Waals surface area contributed by atoms with Crippen LogP contribution in [-0.2, 0) is 0 Å². The number of hydrogen-bond acceptors (Lipinski definition) is 3. The minimum absolute atomic E-state index is 0.0253. The molecule has 1 heterocycles. The van der Waals surface area contributed by atoms with Crippen molar-refractivity contribution in [2.75, 3.05) is 6.61 Å². The molecule has 0 aliphatic heterocycles. The lowest BCUT2D eigenvalue weighted by molar-refractivity contribution is 0.0829. The zero-order valence-electron chi connectivity index (χ0n) is 14.6. The molecule has 1 fully saturated rings. The van der Waals surface area contributed by atoms with Crippen molar-refractivity contribution in [1.82, 2.24) is 10.3 Å². The second-order valence-electron chi connectivity index (χ2n) is 7.15. The first-order valence-corrected chi connectivity index (χ1v) is 8.66. The summed E-state index contributed by atoms with van der Waals surface area (Å²) in [7, 11) is 0. The molecule has 0 bridgehead atoms. The molecule has 0 spiro atoms. The molecule has 1 aromatic carbocycles. The monoisotopic (exact) mass is 340 g/mol. The molecule has 5 nitrogen and oxygen atoms in total. The van der Waals surface area contributed by atoms with Crippen LogP contribution in [0.5, 0.6) is 0 Å². The molecule has 0 radical (unpaired) electrons. The number of aliphatic hydroxyl groups excluding tert-OH is 1. The lowest BCUT2D eigenvalue weighted by Crippen LogP contribution is -2.46. The predicted octanol–water partition coefficient (Wildman–Crippen LogP) is 2.63. The van der Waals surface area contributed by atoms with Crippen molar-refractivity contribution in [1.29, 1.82) is 0 Å². The van der Waals surface area contributed by atoms with E-state index < -0.39 is 5.56 Å². The Kier molecular flexibility index (Phi) is 4.77. The Balaban J connectivity index is 1.92. The number of aromatic nitrogens is 1. The lowest BCUT2D eigenvalue weighted by atomic mass is 9.85. The van der Waals surface area contributed by atoms with Crippen LogP contribution in [0.2, 0.25) is 0 Å². The highest BCUT2D eigenvalue weighted by Gasteiger charge is 2.39. The summed E-state index contributed by atoms with van der Waals surface area (Å²) in [5, 5.41) is 12.6. The molecule has 0 saturated heterocycles. The Morgan fingerprint density at radius 2 is 2.08 bits per heavy atom. The summed E-state index contributed by atoms with van der Waals surface area (Å²) in [6.07, 6.45) is 2.65. The van der Waals surface area contributed by atoms with Gasteiger partial charge in [-0.25, -0.2) is 0 Å². The van der Waals surface area contributed by atoms with Gasteiger partial charge >= 0.3 is 0 Å². The van der Waals surface area contributed by atoms with Gasteiger partial charge in [0.2, 0.25) is 0 Å². The van der Waals surface area contributed by atoms with E-state index in [1.54, 1.807) is 6.07 Å². The Bertz CT molecular complexity index is 829. The molecule has 1 amide bonds. The van der Waals surface area contributed by atoms with Gasteiger partial charge in [-0.05, 0) is 31.4 Å². The topological polar surface area (TPSA) is 82.2 Å². The van der Waals surface area contributed by atoms with Crippen LogP contribution in [0.1, 0.15) is 42.2 Å². The van der Waals surface area contributed by atoms with E-state index in [0.717, 1.165) is 36.1 Å². The Hall–Kier alpha value is -2.40. The highest BCUT2D eigenvalue weighted by atomic mass is 16.3. The van der Waals surface area contributed by atoms with Crippen LogP contribution in [0.3, 0.4) is 0 Å². The van der Waals surface area contributed by atoms with Gasteiger partial charge in [-0.2, -0.15) is 0 Å². The molecule has 1 saturated carbocycles. The number of carbonyl (C=O) groups is 1. The number of H-pyrrole nitrogens is 1. The number of benzene rings is 1. The fourth-order valence-electron chi connectivity index (χ4n) is 3.61. The van der Waals surface area contributed by atoms with Crippen LogP contribution >= 0.6 is 0 Å². The van der Waals surface area contributed by atoms with Crippen molar-refractivity contribution in [2.24, 2.45) is 5.41 Å². The first-order chi connectivity index (χ1) is 11.9. The molecule has 132 valence electrons. The van der Waals surface area contributed by atoms with Gasteiger partial charge in [-0.3, -0.25) is 9.59 Å². The molecule has 3 N–H and O–H groups in total. The number of aromatic amines is 1. The standard InChI is InChI=1S/C20H24N2O3/c1-13-15(14-7-4-3-5-8-14)11-16(18(24)21-13)19(25)22-17-9-6-10-20(17,2)12-23/h3-5,7-8,11,17,23H,6,9-10,12H2,1-2H3,(H,21,24)(H,22,25). The maximum absolute atomic E-state index is 12.7. The molecule has 25 heavy (non-hydrogen) atoms. The molecule has 3 rings (SSSR count). The summed E-state index contributed by atoms with van der Waals surface area (Å²) in [4.78, 5) is 27.8. The predicted molar refractivity (Wildman–Crippen MR) is 97.5 cm³/mol. The van der Waals surface area contributed by atoms with E-state index in [0.29, 0.717) is 0 Å². The van der Waals surface area contributed by atoms with Crippen LogP contribution in [0.15, 0.2) is 41.2 Å². The van der Waals surface area contributed by atoms with Gasteiger partial charge in [-0.1, -0.05) is 43.7 Å². The number of carbonyl (C=O) groups excluding carboxylic acids is 1. The van der Waals surface area contributed by atoms with E-state index in [1.807, 2.05) is 44.2 Å². The summed E-state index contributed by atoms with van der Waals surface area (Å²) in [6.45, 7) is 3.82. The highest BCUT2D eigenvalue weighted by molar-refractivity contribution is 5.95. The van der Waals surface area contributed by atoms with E-state index in [9.17, 15) is 14.7 Å². The molecule has 5 heteroatoms. The van der Waals surface area contributed by atoms with Crippen molar-refractivity contribution in [3.8, 4) is 11.1 Å². The molecule has 1 aromatic heterocycles. The van der Waals surface area contributed by atoms with Crippen LogP contribution in [-0.4, -0.2) is 28.6 Å². The molecule has 1 aliphatic carbocycles. The first kappa shape index (κ1) is 17.4. The Morgan fingerprint density at radius 3 is 2.76 bits per heavy atom. The number of aryl methyl sites for hydroxylation is 1. The van der Waals surface area contributed by atoms with Crippen molar-refractivity contribution in [3.05, 3.63) is 58.0 Å². The van der Waals surface area contributed by atoms with Gasteiger partial charge in [0.25, 0.3) is 11.5 Å². The highest BCUT2D eigenvalue weighted by Crippen LogP contribution is 2.37. The number of nitrogens with one attached hydrogen (secondary N) is 2. The number of hydrogen-bond donors (Lipinski definition) is 3. The van der Waals surface area contributed by atoms with Crippen molar-refractivity contribution in [3.63, 3.8) is 0 Å². The zero-order chi connectivity index (χ0) is 18.0. The van der Waals surface area contributed by atoms with Gasteiger partial charge in [0.1, 0.15) is 5.56 Å². The summed E-state index contributed by atoms with van der Waals surface area (Å²) in [6, 6.07) is 11.2. The zero-order valence-corrected chi connectivity index (χ0v) is 14.6. The lowest BCUT2D eigenvalue weighted by Gasteiger charge is -2.30. The number of pyridine rings is 1. The fraction of sp³-hybridized carbons (Fsp3) is 0.400. The first-order valence-electron chi connectivity index (χ1n) is 8.66. The maximum atomic E-state index is 12.7. The average Bonchev–Trinajstić information content (AvgIpc) is 2.97. The van der Waals surface area contributed by atoms with E-state index in [-0.39, 0.29) is 29.5 Å². The van der Waals surface area contributed by atoms with Gasteiger partial charge in [0, 0.05) is 22.7 Å². The smallest absolute Gasteiger partial charge is 0.261 e. The Morgan fingerprint density at radius 1 is 1.36 bits per heavy atom. The molecular formula is C20H24N2O3. The van der Waals surface area contributed by atoms with Crippen LogP contribution in [0, 0.1) is 12.3 Å². The van der Waals surface area contributed by atoms with E-state index in [2.05, 4.69) is 10.3 Å².